The van der Waals surface area contributed by atoms with Crippen LogP contribution in [-0.2, 0) is 19.2 Å². The molecule has 0 spiro atoms. The molecule has 0 aromatic heterocycles. The van der Waals surface area contributed by atoms with Gasteiger partial charge in [0.25, 0.3) is 11.8 Å². The maximum absolute atomic E-state index is 10.5. The first-order valence-corrected chi connectivity index (χ1v) is 6.90. The standard InChI is InChI=1S/C8H12N2O4S2/c11-5-7(13)9-1-3-15-16-4-2-10-8(14)6-12/h5-6H,1-4H2,(H,9,13)(H,10,14). The molecule has 16 heavy (non-hydrogen) atoms. The Morgan fingerprint density at radius 2 is 1.25 bits per heavy atom. The number of hydrogen-bond donors (Lipinski definition) is 2. The Bertz CT molecular complexity index is 234. The minimum atomic E-state index is -0.621. The number of carbonyl (C=O) groups is 4. The summed E-state index contributed by atoms with van der Waals surface area (Å²) < 4.78 is 0. The number of carbonyl (C=O) groups excluding carboxylic acids is 4. The molecule has 0 rings (SSSR count). The lowest BCUT2D eigenvalue weighted by atomic mass is 10.6. The van der Waals surface area contributed by atoms with Crippen molar-refractivity contribution in [2.45, 2.75) is 0 Å². The predicted octanol–water partition coefficient (Wildman–Crippen LogP) is -1.00. The Hall–Kier alpha value is -1.02. The van der Waals surface area contributed by atoms with Gasteiger partial charge < -0.3 is 10.6 Å². The van der Waals surface area contributed by atoms with Crippen LogP contribution in [-0.4, -0.2) is 49.0 Å². The van der Waals surface area contributed by atoms with Crippen molar-refractivity contribution in [2.75, 3.05) is 24.6 Å². The first-order valence-electron chi connectivity index (χ1n) is 4.41. The van der Waals surface area contributed by atoms with Gasteiger partial charge in [0, 0.05) is 24.6 Å². The molecule has 0 aliphatic heterocycles. The fourth-order valence-electron chi connectivity index (χ4n) is 0.633. The average Bonchev–Trinajstić information content (AvgIpc) is 2.31. The highest BCUT2D eigenvalue weighted by Gasteiger charge is 1.98. The van der Waals surface area contributed by atoms with E-state index in [0.717, 1.165) is 0 Å². The molecule has 0 saturated heterocycles. The van der Waals surface area contributed by atoms with Crippen molar-refractivity contribution >= 4 is 46.0 Å². The lowest BCUT2D eigenvalue weighted by molar-refractivity contribution is -0.131. The predicted molar refractivity (Wildman–Crippen MR) is 63.1 cm³/mol. The normalized spacial score (nSPS) is 9.25. The van der Waals surface area contributed by atoms with Crippen LogP contribution < -0.4 is 10.6 Å². The molecule has 0 bridgehead atoms. The van der Waals surface area contributed by atoms with Crippen molar-refractivity contribution in [3.8, 4) is 0 Å². The Morgan fingerprint density at radius 3 is 1.56 bits per heavy atom. The molecule has 2 amide bonds. The quantitative estimate of drug-likeness (QED) is 0.240. The van der Waals surface area contributed by atoms with E-state index in [9.17, 15) is 19.2 Å². The summed E-state index contributed by atoms with van der Waals surface area (Å²) in [4.78, 5) is 40.8. The van der Waals surface area contributed by atoms with Gasteiger partial charge in [0.1, 0.15) is 0 Å². The van der Waals surface area contributed by atoms with Gasteiger partial charge in [0.2, 0.25) is 12.6 Å². The Morgan fingerprint density at radius 1 is 0.875 bits per heavy atom. The van der Waals surface area contributed by atoms with Gasteiger partial charge in [-0.3, -0.25) is 19.2 Å². The summed E-state index contributed by atoms with van der Waals surface area (Å²) in [6.07, 6.45) is 0.458. The van der Waals surface area contributed by atoms with Crippen LogP contribution in [0.1, 0.15) is 0 Å². The van der Waals surface area contributed by atoms with Crippen molar-refractivity contribution in [3.05, 3.63) is 0 Å². The van der Waals surface area contributed by atoms with Crippen LogP contribution in [0.2, 0.25) is 0 Å². The second-order valence-electron chi connectivity index (χ2n) is 2.46. The fraction of sp³-hybridized carbons (Fsp3) is 0.500. The molecule has 0 heterocycles. The first kappa shape index (κ1) is 15.0. The van der Waals surface area contributed by atoms with Crippen LogP contribution in [0.3, 0.4) is 0 Å². The molecule has 2 N–H and O–H groups in total. The van der Waals surface area contributed by atoms with Gasteiger partial charge in [-0.15, -0.1) is 0 Å². The molecule has 0 fully saturated rings. The Balaban J connectivity index is 3.15. The highest BCUT2D eigenvalue weighted by atomic mass is 33.1. The van der Waals surface area contributed by atoms with Gasteiger partial charge in [-0.1, -0.05) is 21.6 Å². The minimum absolute atomic E-state index is 0.229. The van der Waals surface area contributed by atoms with E-state index in [0.29, 0.717) is 24.6 Å². The number of rotatable bonds is 9. The third-order valence-corrected chi connectivity index (χ3v) is 3.67. The van der Waals surface area contributed by atoms with Crippen LogP contribution in [0.4, 0.5) is 0 Å². The zero-order valence-corrected chi connectivity index (χ0v) is 10.1. The summed E-state index contributed by atoms with van der Waals surface area (Å²) in [7, 11) is 3.02. The van der Waals surface area contributed by atoms with Crippen LogP contribution in [0.15, 0.2) is 0 Å². The second kappa shape index (κ2) is 10.5. The van der Waals surface area contributed by atoms with Gasteiger partial charge in [0.15, 0.2) is 0 Å². The van der Waals surface area contributed by atoms with Crippen molar-refractivity contribution in [1.29, 1.82) is 0 Å². The summed E-state index contributed by atoms with van der Waals surface area (Å²) >= 11 is 0. The average molecular weight is 264 g/mol. The molecule has 0 unspecified atom stereocenters. The van der Waals surface area contributed by atoms with E-state index in [1.165, 1.54) is 21.6 Å². The molecule has 0 aliphatic carbocycles. The van der Waals surface area contributed by atoms with E-state index in [-0.39, 0.29) is 12.6 Å². The molecule has 0 radical (unpaired) electrons. The number of hydrogen-bond acceptors (Lipinski definition) is 6. The maximum atomic E-state index is 10.5. The van der Waals surface area contributed by atoms with E-state index >= 15 is 0 Å². The lowest BCUT2D eigenvalue weighted by Crippen LogP contribution is -2.26. The Labute approximate surface area is 101 Å². The van der Waals surface area contributed by atoms with Crippen molar-refractivity contribution < 1.29 is 19.2 Å². The molecule has 0 atom stereocenters. The van der Waals surface area contributed by atoms with Crippen molar-refractivity contribution in [1.82, 2.24) is 10.6 Å². The minimum Gasteiger partial charge on any atom is -0.349 e. The second-order valence-corrected chi connectivity index (χ2v) is 5.16. The third kappa shape index (κ3) is 9.53. The van der Waals surface area contributed by atoms with Gasteiger partial charge in [-0.25, -0.2) is 0 Å². The van der Waals surface area contributed by atoms with Gasteiger partial charge in [-0.05, 0) is 0 Å². The molecule has 90 valence electrons. The zero-order valence-electron chi connectivity index (χ0n) is 8.43. The van der Waals surface area contributed by atoms with E-state index in [1.54, 1.807) is 0 Å². The van der Waals surface area contributed by atoms with Crippen molar-refractivity contribution in [3.63, 3.8) is 0 Å². The monoisotopic (exact) mass is 264 g/mol. The summed E-state index contributed by atoms with van der Waals surface area (Å²) in [5.41, 5.74) is 0. The number of nitrogens with one attached hydrogen (secondary N) is 2. The lowest BCUT2D eigenvalue weighted by Gasteiger charge is -2.02. The topological polar surface area (TPSA) is 92.3 Å². The molecule has 0 aliphatic rings. The largest absolute Gasteiger partial charge is 0.349 e. The maximum Gasteiger partial charge on any atom is 0.284 e. The van der Waals surface area contributed by atoms with Crippen LogP contribution >= 0.6 is 21.6 Å². The van der Waals surface area contributed by atoms with Gasteiger partial charge >= 0.3 is 0 Å². The number of amides is 2. The first-order chi connectivity index (χ1) is 7.70. The van der Waals surface area contributed by atoms with Crippen LogP contribution in [0.5, 0.6) is 0 Å². The third-order valence-electron chi connectivity index (χ3n) is 1.27. The Kier molecular flexibility index (Phi) is 9.83. The summed E-state index contributed by atoms with van der Waals surface area (Å²) in [6, 6.07) is 0. The number of aldehydes is 2. The van der Waals surface area contributed by atoms with E-state index in [1.807, 2.05) is 0 Å². The molecule has 8 heteroatoms. The molecule has 0 saturated carbocycles. The molecule has 0 aromatic carbocycles. The highest BCUT2D eigenvalue weighted by Crippen LogP contribution is 2.19. The van der Waals surface area contributed by atoms with E-state index < -0.39 is 11.8 Å². The van der Waals surface area contributed by atoms with Crippen LogP contribution in [0, 0.1) is 0 Å². The SMILES string of the molecule is O=CC(=O)NCCSSCCNC(=O)C=O. The van der Waals surface area contributed by atoms with Crippen LogP contribution in [0.25, 0.3) is 0 Å². The van der Waals surface area contributed by atoms with Crippen molar-refractivity contribution in [2.24, 2.45) is 0 Å². The smallest absolute Gasteiger partial charge is 0.284 e. The molecular weight excluding hydrogens is 252 g/mol. The van der Waals surface area contributed by atoms with E-state index in [4.69, 9.17) is 0 Å². The summed E-state index contributed by atoms with van der Waals surface area (Å²) in [5, 5.41) is 4.79. The highest BCUT2D eigenvalue weighted by molar-refractivity contribution is 8.76. The molecule has 0 aromatic rings. The van der Waals surface area contributed by atoms with Gasteiger partial charge in [0.05, 0.1) is 0 Å². The zero-order chi connectivity index (χ0) is 12.2. The summed E-state index contributed by atoms with van der Waals surface area (Å²) in [6.45, 7) is 0.853. The molecular formula is C8H12N2O4S2. The molecule has 6 nitrogen and oxygen atoms in total. The van der Waals surface area contributed by atoms with E-state index in [2.05, 4.69) is 10.6 Å². The fourth-order valence-corrected chi connectivity index (χ4v) is 2.45. The van der Waals surface area contributed by atoms with Gasteiger partial charge in [-0.2, -0.15) is 0 Å². The summed E-state index contributed by atoms with van der Waals surface area (Å²) in [5.74, 6) is 0.102.